The molecule has 1 aliphatic heterocycles. The van der Waals surface area contributed by atoms with Crippen LogP contribution in [0.25, 0.3) is 11.0 Å². The third-order valence-electron chi connectivity index (χ3n) is 5.47. The topological polar surface area (TPSA) is 44.0 Å². The Bertz CT molecular complexity index is 834. The number of aromatic amines is 1. The summed E-state index contributed by atoms with van der Waals surface area (Å²) in [6, 6.07) is 15.0. The number of aromatic nitrogens is 2. The number of fused-ring (bicyclic) bond motifs is 1. The first kappa shape index (κ1) is 17.3. The fourth-order valence-corrected chi connectivity index (χ4v) is 4.03. The lowest BCUT2D eigenvalue weighted by Gasteiger charge is -2.24. The van der Waals surface area contributed by atoms with Crippen molar-refractivity contribution in [2.75, 3.05) is 26.7 Å². The maximum Gasteiger partial charge on any atom is 0.137 e. The molecule has 4 rings (SSSR count). The first-order chi connectivity index (χ1) is 12.8. The van der Waals surface area contributed by atoms with E-state index < -0.39 is 0 Å². The molecule has 0 saturated carbocycles. The Morgan fingerprint density at radius 1 is 1.15 bits per heavy atom. The smallest absolute Gasteiger partial charge is 0.137 e. The van der Waals surface area contributed by atoms with E-state index in [4.69, 9.17) is 0 Å². The summed E-state index contributed by atoms with van der Waals surface area (Å²) in [5.41, 5.74) is 5.24. The summed E-state index contributed by atoms with van der Waals surface area (Å²) in [5, 5.41) is 4.83. The standard InChI is InChI=1S/C22H28N4/c1-26(14-11-17-7-3-2-4-8-17)16-20-19-10-6-13-24-22(19)25-21(20)18-9-5-12-23-15-18/h2-4,6-8,10,13,18,23H,5,9,11-12,14-16H2,1H3,(H,24,25)/t18-/m1/s1. The van der Waals surface area contributed by atoms with E-state index in [1.807, 2.05) is 12.3 Å². The Labute approximate surface area is 155 Å². The van der Waals surface area contributed by atoms with Gasteiger partial charge < -0.3 is 15.2 Å². The molecular weight excluding hydrogens is 320 g/mol. The summed E-state index contributed by atoms with van der Waals surface area (Å²) in [6.07, 6.45) is 5.46. The minimum atomic E-state index is 0.565. The number of H-pyrrole nitrogens is 1. The summed E-state index contributed by atoms with van der Waals surface area (Å²) < 4.78 is 0. The molecule has 136 valence electrons. The fourth-order valence-electron chi connectivity index (χ4n) is 4.03. The van der Waals surface area contributed by atoms with Gasteiger partial charge in [0.25, 0.3) is 0 Å². The van der Waals surface area contributed by atoms with Crippen LogP contribution in [-0.4, -0.2) is 41.5 Å². The first-order valence-corrected chi connectivity index (χ1v) is 9.70. The molecule has 3 aromatic rings. The Kier molecular flexibility index (Phi) is 5.32. The van der Waals surface area contributed by atoms with E-state index >= 15 is 0 Å². The van der Waals surface area contributed by atoms with Gasteiger partial charge >= 0.3 is 0 Å². The van der Waals surface area contributed by atoms with Gasteiger partial charge in [-0.1, -0.05) is 30.3 Å². The van der Waals surface area contributed by atoms with Crippen LogP contribution in [0, 0.1) is 0 Å². The largest absolute Gasteiger partial charge is 0.343 e. The molecule has 1 aromatic carbocycles. The number of hydrogen-bond donors (Lipinski definition) is 2. The maximum atomic E-state index is 4.56. The molecule has 0 aliphatic carbocycles. The molecule has 0 radical (unpaired) electrons. The molecule has 2 aromatic heterocycles. The third-order valence-corrected chi connectivity index (χ3v) is 5.47. The van der Waals surface area contributed by atoms with Crippen LogP contribution in [0.15, 0.2) is 48.7 Å². The number of nitrogens with zero attached hydrogens (tertiary/aromatic N) is 2. The highest BCUT2D eigenvalue weighted by Crippen LogP contribution is 2.31. The van der Waals surface area contributed by atoms with Gasteiger partial charge in [-0.2, -0.15) is 0 Å². The van der Waals surface area contributed by atoms with Crippen LogP contribution in [0.3, 0.4) is 0 Å². The number of likely N-dealkylation sites (N-methyl/N-ethyl adjacent to an activating group) is 1. The molecule has 1 fully saturated rings. The normalized spacial score (nSPS) is 17.8. The van der Waals surface area contributed by atoms with E-state index in [9.17, 15) is 0 Å². The van der Waals surface area contributed by atoms with Gasteiger partial charge in [0, 0.05) is 42.8 Å². The zero-order valence-corrected chi connectivity index (χ0v) is 15.5. The van der Waals surface area contributed by atoms with Gasteiger partial charge in [-0.25, -0.2) is 4.98 Å². The molecule has 4 nitrogen and oxygen atoms in total. The predicted octanol–water partition coefficient (Wildman–Crippen LogP) is 3.70. The van der Waals surface area contributed by atoms with Crippen LogP contribution in [0.5, 0.6) is 0 Å². The van der Waals surface area contributed by atoms with E-state index in [0.717, 1.165) is 38.2 Å². The number of benzene rings is 1. The Hall–Kier alpha value is -2.17. The molecule has 2 N–H and O–H groups in total. The number of nitrogens with one attached hydrogen (secondary N) is 2. The van der Waals surface area contributed by atoms with Gasteiger partial charge in [-0.3, -0.25) is 0 Å². The average Bonchev–Trinajstić information content (AvgIpc) is 3.06. The predicted molar refractivity (Wildman–Crippen MR) is 107 cm³/mol. The molecule has 1 saturated heterocycles. The van der Waals surface area contributed by atoms with Crippen LogP contribution in [-0.2, 0) is 13.0 Å². The Morgan fingerprint density at radius 3 is 2.85 bits per heavy atom. The van der Waals surface area contributed by atoms with Crippen molar-refractivity contribution in [3.05, 3.63) is 65.5 Å². The van der Waals surface area contributed by atoms with Crippen molar-refractivity contribution >= 4 is 11.0 Å². The minimum Gasteiger partial charge on any atom is -0.343 e. The summed E-state index contributed by atoms with van der Waals surface area (Å²) in [6.45, 7) is 4.22. The van der Waals surface area contributed by atoms with Crippen molar-refractivity contribution in [3.63, 3.8) is 0 Å². The summed E-state index contributed by atoms with van der Waals surface area (Å²) in [7, 11) is 2.22. The second-order valence-electron chi connectivity index (χ2n) is 7.43. The SMILES string of the molecule is CN(CCc1ccccc1)Cc1c([C@@H]2CCCNC2)[nH]c2ncccc12. The van der Waals surface area contributed by atoms with E-state index in [0.29, 0.717) is 5.92 Å². The van der Waals surface area contributed by atoms with Crippen molar-refractivity contribution < 1.29 is 0 Å². The van der Waals surface area contributed by atoms with Gasteiger partial charge in [-0.15, -0.1) is 0 Å². The van der Waals surface area contributed by atoms with Gasteiger partial charge in [-0.05, 0) is 56.1 Å². The lowest BCUT2D eigenvalue weighted by molar-refractivity contribution is 0.329. The van der Waals surface area contributed by atoms with Gasteiger partial charge in [0.05, 0.1) is 0 Å². The highest BCUT2D eigenvalue weighted by molar-refractivity contribution is 5.81. The van der Waals surface area contributed by atoms with Crippen molar-refractivity contribution in [3.8, 4) is 0 Å². The van der Waals surface area contributed by atoms with E-state index in [1.54, 1.807) is 0 Å². The second kappa shape index (κ2) is 8.02. The van der Waals surface area contributed by atoms with Crippen LogP contribution in [0.2, 0.25) is 0 Å². The average molecular weight is 348 g/mol. The van der Waals surface area contributed by atoms with Gasteiger partial charge in [0.1, 0.15) is 5.65 Å². The zero-order chi connectivity index (χ0) is 17.8. The Balaban J connectivity index is 1.54. The highest BCUT2D eigenvalue weighted by Gasteiger charge is 2.23. The molecule has 0 amide bonds. The number of rotatable bonds is 6. The lowest BCUT2D eigenvalue weighted by Crippen LogP contribution is -2.29. The quantitative estimate of drug-likeness (QED) is 0.714. The number of piperidine rings is 1. The van der Waals surface area contributed by atoms with Crippen LogP contribution in [0.1, 0.15) is 35.6 Å². The van der Waals surface area contributed by atoms with Crippen molar-refractivity contribution in [1.29, 1.82) is 0 Å². The molecule has 1 aliphatic rings. The zero-order valence-electron chi connectivity index (χ0n) is 15.5. The van der Waals surface area contributed by atoms with Crippen molar-refractivity contribution in [2.45, 2.75) is 31.7 Å². The maximum absolute atomic E-state index is 4.56. The van der Waals surface area contributed by atoms with E-state index in [2.05, 4.69) is 63.6 Å². The van der Waals surface area contributed by atoms with E-state index in [-0.39, 0.29) is 0 Å². The Morgan fingerprint density at radius 2 is 2.04 bits per heavy atom. The van der Waals surface area contributed by atoms with Gasteiger partial charge in [0.2, 0.25) is 0 Å². The molecule has 26 heavy (non-hydrogen) atoms. The highest BCUT2D eigenvalue weighted by atomic mass is 15.1. The monoisotopic (exact) mass is 348 g/mol. The first-order valence-electron chi connectivity index (χ1n) is 9.70. The van der Waals surface area contributed by atoms with Gasteiger partial charge in [0.15, 0.2) is 0 Å². The summed E-state index contributed by atoms with van der Waals surface area (Å²) in [4.78, 5) is 10.6. The van der Waals surface area contributed by atoms with Crippen LogP contribution in [0.4, 0.5) is 0 Å². The second-order valence-corrected chi connectivity index (χ2v) is 7.43. The van der Waals surface area contributed by atoms with E-state index in [1.165, 1.54) is 35.0 Å². The summed E-state index contributed by atoms with van der Waals surface area (Å²) >= 11 is 0. The van der Waals surface area contributed by atoms with Crippen LogP contribution >= 0.6 is 0 Å². The third kappa shape index (κ3) is 3.81. The molecule has 0 spiro atoms. The molecule has 0 bridgehead atoms. The molecule has 1 atom stereocenters. The number of pyridine rings is 1. The molecule has 4 heteroatoms. The minimum absolute atomic E-state index is 0.565. The molecular formula is C22H28N4. The molecule has 3 heterocycles. The van der Waals surface area contributed by atoms with Crippen molar-refractivity contribution in [1.82, 2.24) is 20.2 Å². The number of hydrogen-bond acceptors (Lipinski definition) is 3. The fraction of sp³-hybridized carbons (Fsp3) is 0.409. The van der Waals surface area contributed by atoms with Crippen LogP contribution < -0.4 is 5.32 Å². The van der Waals surface area contributed by atoms with Crippen molar-refractivity contribution in [2.24, 2.45) is 0 Å². The molecule has 0 unspecified atom stereocenters. The summed E-state index contributed by atoms with van der Waals surface area (Å²) in [5.74, 6) is 0.565. The lowest BCUT2D eigenvalue weighted by atomic mass is 9.93.